The summed E-state index contributed by atoms with van der Waals surface area (Å²) in [6, 6.07) is 11.8. The van der Waals surface area contributed by atoms with Gasteiger partial charge in [-0.2, -0.15) is 5.10 Å². The molecule has 3 aromatic rings. The molecule has 0 fully saturated rings. The van der Waals surface area contributed by atoms with Crippen LogP contribution in [0.3, 0.4) is 0 Å². The van der Waals surface area contributed by atoms with Crippen LogP contribution in [0.4, 0.5) is 10.1 Å². The summed E-state index contributed by atoms with van der Waals surface area (Å²) in [6.45, 7) is 1.61. The van der Waals surface area contributed by atoms with E-state index in [4.69, 9.17) is 17.0 Å². The zero-order valence-corrected chi connectivity index (χ0v) is 15.1. The van der Waals surface area contributed by atoms with Crippen LogP contribution >= 0.6 is 12.2 Å². The second-order valence-corrected chi connectivity index (χ2v) is 6.07. The Morgan fingerprint density at radius 2 is 2.04 bits per heavy atom. The largest absolute Gasteiger partial charge is 0.497 e. The van der Waals surface area contributed by atoms with E-state index in [0.717, 1.165) is 5.56 Å². The summed E-state index contributed by atoms with van der Waals surface area (Å²) < 4.78 is 20.7. The minimum absolute atomic E-state index is 0.0494. The predicted octanol–water partition coefficient (Wildman–Crippen LogP) is 3.70. The summed E-state index contributed by atoms with van der Waals surface area (Å²) in [6.07, 6.45) is 0. The van der Waals surface area contributed by atoms with Gasteiger partial charge in [0.1, 0.15) is 18.1 Å². The lowest BCUT2D eigenvalue weighted by atomic mass is 10.2. The Labute approximate surface area is 154 Å². The third kappa shape index (κ3) is 3.80. The van der Waals surface area contributed by atoms with Crippen LogP contribution in [0.25, 0.3) is 11.4 Å². The number of hydrogen-bond acceptors (Lipinski definition) is 4. The molecule has 0 aliphatic rings. The van der Waals surface area contributed by atoms with E-state index in [9.17, 15) is 9.18 Å². The van der Waals surface area contributed by atoms with E-state index in [1.165, 1.54) is 6.07 Å². The number of aromatic nitrogens is 3. The maximum atomic E-state index is 13.6. The van der Waals surface area contributed by atoms with Gasteiger partial charge in [0, 0.05) is 11.3 Å². The maximum Gasteiger partial charge on any atom is 0.244 e. The molecule has 8 heteroatoms. The topological polar surface area (TPSA) is 71.9 Å². The molecule has 3 rings (SSSR count). The maximum absolute atomic E-state index is 13.6. The minimum atomic E-state index is -0.373. The second-order valence-electron chi connectivity index (χ2n) is 5.68. The van der Waals surface area contributed by atoms with Gasteiger partial charge in [0.25, 0.3) is 0 Å². The number of carbonyl (C=O) groups is 1. The fourth-order valence-corrected chi connectivity index (χ4v) is 2.64. The highest BCUT2D eigenvalue weighted by atomic mass is 32.1. The zero-order valence-electron chi connectivity index (χ0n) is 14.2. The molecule has 134 valence electrons. The Bertz CT molecular complexity index is 995. The van der Waals surface area contributed by atoms with Gasteiger partial charge in [-0.25, -0.2) is 4.39 Å². The number of halogens is 1. The van der Waals surface area contributed by atoms with Crippen molar-refractivity contribution < 1.29 is 13.9 Å². The first-order valence-corrected chi connectivity index (χ1v) is 8.24. The van der Waals surface area contributed by atoms with Crippen molar-refractivity contribution in [3.05, 3.63) is 58.6 Å². The van der Waals surface area contributed by atoms with Crippen LogP contribution in [-0.4, -0.2) is 27.8 Å². The first-order chi connectivity index (χ1) is 12.5. The van der Waals surface area contributed by atoms with E-state index >= 15 is 0 Å². The van der Waals surface area contributed by atoms with Gasteiger partial charge in [-0.1, -0.05) is 6.07 Å². The first-order valence-electron chi connectivity index (χ1n) is 7.83. The molecule has 0 bridgehead atoms. The molecule has 1 amide bonds. The molecule has 2 N–H and O–H groups in total. The summed E-state index contributed by atoms with van der Waals surface area (Å²) in [5, 5.41) is 9.55. The Kier molecular flexibility index (Phi) is 5.13. The average molecular weight is 372 g/mol. The van der Waals surface area contributed by atoms with Crippen molar-refractivity contribution in [1.82, 2.24) is 14.8 Å². The lowest BCUT2D eigenvalue weighted by molar-refractivity contribution is -0.116. The predicted molar refractivity (Wildman–Crippen MR) is 99.2 cm³/mol. The number of benzene rings is 2. The SMILES string of the molecule is COc1ccc(-c2n[nH]c(=S)n2CC(=O)Nc2ccc(C)c(F)c2)cc1. The molecule has 0 saturated heterocycles. The highest BCUT2D eigenvalue weighted by molar-refractivity contribution is 7.71. The Balaban J connectivity index is 1.81. The fourth-order valence-electron chi connectivity index (χ4n) is 2.44. The lowest BCUT2D eigenvalue weighted by Gasteiger charge is -2.09. The number of rotatable bonds is 5. The molecule has 0 aliphatic carbocycles. The Hall–Kier alpha value is -3.00. The molecule has 26 heavy (non-hydrogen) atoms. The Morgan fingerprint density at radius 1 is 1.31 bits per heavy atom. The van der Waals surface area contributed by atoms with Gasteiger partial charge in [0.2, 0.25) is 5.91 Å². The number of aromatic amines is 1. The van der Waals surface area contributed by atoms with Gasteiger partial charge in [0.05, 0.1) is 7.11 Å². The number of hydrogen-bond donors (Lipinski definition) is 2. The normalized spacial score (nSPS) is 10.6. The minimum Gasteiger partial charge on any atom is -0.497 e. The highest BCUT2D eigenvalue weighted by Crippen LogP contribution is 2.21. The highest BCUT2D eigenvalue weighted by Gasteiger charge is 2.13. The van der Waals surface area contributed by atoms with Gasteiger partial charge < -0.3 is 10.1 Å². The molecular formula is C18H17FN4O2S. The van der Waals surface area contributed by atoms with Gasteiger partial charge in [0.15, 0.2) is 10.6 Å². The van der Waals surface area contributed by atoms with Gasteiger partial charge in [-0.15, -0.1) is 0 Å². The molecule has 6 nitrogen and oxygen atoms in total. The number of aryl methyl sites for hydroxylation is 1. The Morgan fingerprint density at radius 3 is 2.69 bits per heavy atom. The van der Waals surface area contributed by atoms with E-state index in [0.29, 0.717) is 27.6 Å². The summed E-state index contributed by atoms with van der Waals surface area (Å²) in [4.78, 5) is 12.3. The van der Waals surface area contributed by atoms with Crippen LogP contribution in [0.15, 0.2) is 42.5 Å². The molecule has 1 heterocycles. The van der Waals surface area contributed by atoms with E-state index in [2.05, 4.69) is 15.5 Å². The fraction of sp³-hybridized carbons (Fsp3) is 0.167. The van der Waals surface area contributed by atoms with Gasteiger partial charge >= 0.3 is 0 Å². The third-order valence-electron chi connectivity index (χ3n) is 3.86. The van der Waals surface area contributed by atoms with Crippen molar-refractivity contribution in [2.45, 2.75) is 13.5 Å². The molecule has 1 aromatic heterocycles. The second kappa shape index (κ2) is 7.49. The standard InChI is InChI=1S/C18H17FN4O2S/c1-11-3-6-13(9-15(11)19)20-16(24)10-23-17(21-22-18(23)26)12-4-7-14(25-2)8-5-12/h3-9H,10H2,1-2H3,(H,20,24)(H,22,26). The van der Waals surface area contributed by atoms with Crippen LogP contribution in [-0.2, 0) is 11.3 Å². The number of nitrogens with one attached hydrogen (secondary N) is 2. The average Bonchev–Trinajstić information content (AvgIpc) is 2.99. The van der Waals surface area contributed by atoms with Crippen LogP contribution in [0, 0.1) is 17.5 Å². The van der Waals surface area contributed by atoms with Gasteiger partial charge in [-0.05, 0) is 61.1 Å². The van der Waals surface area contributed by atoms with Crippen LogP contribution in [0.2, 0.25) is 0 Å². The number of amides is 1. The molecule has 2 aromatic carbocycles. The summed E-state index contributed by atoms with van der Waals surface area (Å²) in [5.74, 6) is 0.540. The monoisotopic (exact) mass is 372 g/mol. The smallest absolute Gasteiger partial charge is 0.244 e. The summed E-state index contributed by atoms with van der Waals surface area (Å²) in [5.41, 5.74) is 1.69. The number of nitrogens with zero attached hydrogens (tertiary/aromatic N) is 2. The van der Waals surface area contributed by atoms with E-state index in [-0.39, 0.29) is 18.3 Å². The van der Waals surface area contributed by atoms with Crippen LogP contribution in [0.1, 0.15) is 5.56 Å². The van der Waals surface area contributed by atoms with E-state index in [1.807, 2.05) is 12.1 Å². The number of H-pyrrole nitrogens is 1. The van der Waals surface area contributed by atoms with Crippen molar-refractivity contribution in [3.8, 4) is 17.1 Å². The van der Waals surface area contributed by atoms with Crippen molar-refractivity contribution in [2.24, 2.45) is 0 Å². The van der Waals surface area contributed by atoms with Crippen LogP contribution < -0.4 is 10.1 Å². The third-order valence-corrected chi connectivity index (χ3v) is 4.18. The molecule has 0 unspecified atom stereocenters. The quantitative estimate of drug-likeness (QED) is 0.670. The molecule has 0 spiro atoms. The summed E-state index contributed by atoms with van der Waals surface area (Å²) >= 11 is 5.22. The van der Waals surface area contributed by atoms with E-state index in [1.54, 1.807) is 42.9 Å². The van der Waals surface area contributed by atoms with Gasteiger partial charge in [-0.3, -0.25) is 14.5 Å². The molecule has 0 aliphatic heterocycles. The first kappa shape index (κ1) is 17.8. The van der Waals surface area contributed by atoms with Crippen molar-refractivity contribution >= 4 is 23.8 Å². The lowest BCUT2D eigenvalue weighted by Crippen LogP contribution is -2.19. The number of anilines is 1. The molecule has 0 atom stereocenters. The number of ether oxygens (including phenoxy) is 1. The van der Waals surface area contributed by atoms with Crippen LogP contribution in [0.5, 0.6) is 5.75 Å². The molecule has 0 saturated carbocycles. The van der Waals surface area contributed by atoms with Crippen molar-refractivity contribution in [3.63, 3.8) is 0 Å². The van der Waals surface area contributed by atoms with Crippen molar-refractivity contribution in [2.75, 3.05) is 12.4 Å². The number of methoxy groups -OCH3 is 1. The summed E-state index contributed by atoms with van der Waals surface area (Å²) in [7, 11) is 1.59. The molecule has 0 radical (unpaired) electrons. The zero-order chi connectivity index (χ0) is 18.7. The molecular weight excluding hydrogens is 355 g/mol. The van der Waals surface area contributed by atoms with E-state index < -0.39 is 0 Å². The van der Waals surface area contributed by atoms with Crippen molar-refractivity contribution in [1.29, 1.82) is 0 Å². The number of carbonyl (C=O) groups excluding carboxylic acids is 1.